The first-order valence-corrected chi connectivity index (χ1v) is 9.17. The van der Waals surface area contributed by atoms with Crippen molar-refractivity contribution in [2.75, 3.05) is 6.54 Å². The highest BCUT2D eigenvalue weighted by Crippen LogP contribution is 2.60. The molecule has 3 rings (SSSR count). The second kappa shape index (κ2) is 6.93. The van der Waals surface area contributed by atoms with Crippen LogP contribution in [0.25, 0.3) is 21.3 Å². The third-order valence-electron chi connectivity index (χ3n) is 5.96. The molecule has 3 unspecified atom stereocenters. The maximum atomic E-state index is 13.2. The van der Waals surface area contributed by atoms with Gasteiger partial charge in [-0.25, -0.2) is 0 Å². The number of fused-ring (bicyclic) bond motifs is 1. The predicted octanol–water partition coefficient (Wildman–Crippen LogP) is 5.60. The number of hydrogen-bond acceptors (Lipinski definition) is 2. The van der Waals surface area contributed by atoms with Gasteiger partial charge in [0.1, 0.15) is 0 Å². The van der Waals surface area contributed by atoms with Crippen LogP contribution in [-0.2, 0) is 6.54 Å². The number of nitrogens with zero attached hydrogens (tertiary/aromatic N) is 4. The summed E-state index contributed by atoms with van der Waals surface area (Å²) in [5.74, 6) is 0.370. The lowest BCUT2D eigenvalue weighted by Gasteiger charge is -2.06. The highest BCUT2D eigenvalue weighted by molar-refractivity contribution is 6.10. The van der Waals surface area contributed by atoms with E-state index < -0.39 is 0 Å². The molecule has 25 heavy (non-hydrogen) atoms. The average Bonchev–Trinajstić information content (AvgIpc) is 2.98. The number of unbranched alkanes of at least 4 members (excludes halogenated alkanes) is 2. The molecule has 0 N–H and O–H groups in total. The molecule has 0 saturated heterocycles. The normalized spacial score (nSPS) is 24.9. The van der Waals surface area contributed by atoms with Gasteiger partial charge in [-0.3, -0.25) is 4.79 Å². The number of carbonyl (C=O) groups excluding carboxylic acids is 1. The number of para-hydroxylation sites is 1. The molecule has 1 fully saturated rings. The second-order valence-corrected chi connectivity index (χ2v) is 7.49. The van der Waals surface area contributed by atoms with Gasteiger partial charge in [0.2, 0.25) is 0 Å². The maximum absolute atomic E-state index is 13.2. The number of ketones is 1. The van der Waals surface area contributed by atoms with E-state index in [1.165, 1.54) is 12.8 Å². The van der Waals surface area contributed by atoms with Gasteiger partial charge in [0.05, 0.1) is 0 Å². The first kappa shape index (κ1) is 17.6. The summed E-state index contributed by atoms with van der Waals surface area (Å²) in [7, 11) is 0. The Balaban J connectivity index is 1.91. The number of carbonyl (C=O) groups is 1. The molecule has 1 saturated carbocycles. The maximum Gasteiger partial charge on any atom is 0.168 e. The van der Waals surface area contributed by atoms with Gasteiger partial charge in [0, 0.05) is 46.6 Å². The van der Waals surface area contributed by atoms with E-state index in [0.29, 0.717) is 6.54 Å². The second-order valence-electron chi connectivity index (χ2n) is 7.49. The van der Waals surface area contributed by atoms with Gasteiger partial charge in [0.15, 0.2) is 5.78 Å². The topological polar surface area (TPSA) is 70.8 Å². The van der Waals surface area contributed by atoms with Crippen LogP contribution in [0.15, 0.2) is 35.6 Å². The molecule has 0 amide bonds. The summed E-state index contributed by atoms with van der Waals surface area (Å²) < 4.78 is 2.22. The number of rotatable bonds is 8. The predicted molar refractivity (Wildman–Crippen MR) is 101 cm³/mol. The Kier molecular flexibility index (Phi) is 4.87. The van der Waals surface area contributed by atoms with E-state index in [4.69, 9.17) is 5.53 Å². The van der Waals surface area contributed by atoms with Crippen molar-refractivity contribution in [1.82, 2.24) is 4.57 Å². The van der Waals surface area contributed by atoms with E-state index in [-0.39, 0.29) is 23.0 Å². The smallest absolute Gasteiger partial charge is 0.168 e. The molecule has 0 spiro atoms. The van der Waals surface area contributed by atoms with Crippen LogP contribution in [0.4, 0.5) is 0 Å². The van der Waals surface area contributed by atoms with Crippen molar-refractivity contribution in [1.29, 1.82) is 0 Å². The summed E-state index contributed by atoms with van der Waals surface area (Å²) in [5, 5.41) is 4.76. The van der Waals surface area contributed by atoms with Crippen molar-refractivity contribution >= 4 is 16.7 Å². The minimum atomic E-state index is -0.214. The lowest BCUT2D eigenvalue weighted by atomic mass is 9.99. The van der Waals surface area contributed by atoms with Crippen molar-refractivity contribution in [3.8, 4) is 0 Å². The quantitative estimate of drug-likeness (QED) is 0.203. The number of benzene rings is 1. The van der Waals surface area contributed by atoms with E-state index in [1.807, 2.05) is 24.4 Å². The Morgan fingerprint density at radius 2 is 2.12 bits per heavy atom. The first-order chi connectivity index (χ1) is 12.0. The van der Waals surface area contributed by atoms with Crippen LogP contribution in [0.2, 0.25) is 0 Å². The zero-order valence-electron chi connectivity index (χ0n) is 15.3. The van der Waals surface area contributed by atoms with Gasteiger partial charge in [-0.2, -0.15) is 0 Å². The number of azide groups is 1. The molecule has 1 aromatic carbocycles. The van der Waals surface area contributed by atoms with E-state index in [9.17, 15) is 4.79 Å². The average molecular weight is 338 g/mol. The molecule has 1 aliphatic carbocycles. The molecule has 2 aromatic rings. The summed E-state index contributed by atoms with van der Waals surface area (Å²) in [6, 6.07) is 8.15. The molecule has 1 heterocycles. The van der Waals surface area contributed by atoms with Crippen LogP contribution >= 0.6 is 0 Å². The lowest BCUT2D eigenvalue weighted by molar-refractivity contribution is 0.0950. The van der Waals surface area contributed by atoms with Crippen molar-refractivity contribution in [2.45, 2.75) is 46.6 Å². The van der Waals surface area contributed by atoms with Gasteiger partial charge in [-0.1, -0.05) is 56.9 Å². The number of aromatic nitrogens is 1. The van der Waals surface area contributed by atoms with Crippen molar-refractivity contribution in [3.63, 3.8) is 0 Å². The number of Topliss-reactive ketones (excluding diaryl/α,β-unsaturated/α-hetero) is 1. The third-order valence-corrected chi connectivity index (χ3v) is 5.96. The molecule has 0 aliphatic heterocycles. The highest BCUT2D eigenvalue weighted by atomic mass is 16.1. The van der Waals surface area contributed by atoms with Gasteiger partial charge < -0.3 is 4.57 Å². The molecule has 3 atom stereocenters. The molecule has 0 radical (unpaired) electrons. The van der Waals surface area contributed by atoms with Crippen molar-refractivity contribution in [3.05, 3.63) is 46.5 Å². The Labute approximate surface area is 148 Å². The third kappa shape index (κ3) is 3.05. The molecule has 5 heteroatoms. The summed E-state index contributed by atoms with van der Waals surface area (Å²) in [4.78, 5) is 16.1. The van der Waals surface area contributed by atoms with Gasteiger partial charge >= 0.3 is 0 Å². The molecule has 5 nitrogen and oxygen atoms in total. The number of hydrogen-bond donors (Lipinski definition) is 0. The molecule has 132 valence electrons. The van der Waals surface area contributed by atoms with Crippen LogP contribution < -0.4 is 0 Å². The summed E-state index contributed by atoms with van der Waals surface area (Å²) in [5.41, 5.74) is 10.3. The first-order valence-electron chi connectivity index (χ1n) is 9.17. The van der Waals surface area contributed by atoms with Crippen LogP contribution in [0, 0.1) is 17.3 Å². The van der Waals surface area contributed by atoms with Gasteiger partial charge in [0.25, 0.3) is 0 Å². The lowest BCUT2D eigenvalue weighted by Crippen LogP contribution is -2.11. The Morgan fingerprint density at radius 1 is 1.36 bits per heavy atom. The highest BCUT2D eigenvalue weighted by Gasteiger charge is 2.61. The molecule has 0 bridgehead atoms. The van der Waals surface area contributed by atoms with Crippen LogP contribution in [-0.4, -0.2) is 16.9 Å². The van der Waals surface area contributed by atoms with Crippen molar-refractivity contribution < 1.29 is 4.79 Å². The fraction of sp³-hybridized carbons (Fsp3) is 0.550. The van der Waals surface area contributed by atoms with E-state index >= 15 is 0 Å². The van der Waals surface area contributed by atoms with Gasteiger partial charge in [-0.05, 0) is 29.4 Å². The van der Waals surface area contributed by atoms with Crippen LogP contribution in [0.3, 0.4) is 0 Å². The SMILES string of the molecule is CCCCCn1cc(C(=O)C2C(C)C2(C)CN=[N+]=[N-])c2ccccc21. The standard InChI is InChI=1S/C20H26N4O/c1-4-5-8-11-24-12-16(15-9-6-7-10-17(15)24)19(25)18-14(2)20(18,3)13-22-23-21/h6-7,9-10,12,14,18H,4-5,8,11,13H2,1-3H3. The zero-order chi connectivity index (χ0) is 18.0. The molecular formula is C20H26N4O. The molecule has 1 aliphatic rings. The Bertz CT molecular complexity index is 833. The van der Waals surface area contributed by atoms with Crippen molar-refractivity contribution in [2.24, 2.45) is 22.4 Å². The van der Waals surface area contributed by atoms with Crippen LogP contribution in [0.1, 0.15) is 50.4 Å². The summed E-state index contributed by atoms with van der Waals surface area (Å²) in [6.07, 6.45) is 5.53. The largest absolute Gasteiger partial charge is 0.347 e. The minimum absolute atomic E-state index is 0.0621. The molecule has 1 aromatic heterocycles. The summed E-state index contributed by atoms with van der Waals surface area (Å²) in [6.45, 7) is 7.65. The fourth-order valence-corrected chi connectivity index (χ4v) is 4.08. The molecular weight excluding hydrogens is 312 g/mol. The van der Waals surface area contributed by atoms with E-state index in [2.05, 4.69) is 41.4 Å². The Hall–Kier alpha value is -2.26. The van der Waals surface area contributed by atoms with E-state index in [1.54, 1.807) is 0 Å². The van der Waals surface area contributed by atoms with Crippen LogP contribution in [0.5, 0.6) is 0 Å². The monoisotopic (exact) mass is 338 g/mol. The zero-order valence-corrected chi connectivity index (χ0v) is 15.3. The number of aryl methyl sites for hydroxylation is 1. The summed E-state index contributed by atoms with van der Waals surface area (Å²) >= 11 is 0. The van der Waals surface area contributed by atoms with E-state index in [0.717, 1.165) is 29.4 Å². The minimum Gasteiger partial charge on any atom is -0.347 e. The van der Waals surface area contributed by atoms with Gasteiger partial charge in [-0.15, -0.1) is 0 Å². The Morgan fingerprint density at radius 3 is 2.84 bits per heavy atom. The fourth-order valence-electron chi connectivity index (χ4n) is 4.08.